The summed E-state index contributed by atoms with van der Waals surface area (Å²) < 4.78 is 3.74. The van der Waals surface area contributed by atoms with Crippen molar-refractivity contribution < 1.29 is 4.79 Å². The van der Waals surface area contributed by atoms with Gasteiger partial charge in [0.05, 0.1) is 17.6 Å². The van der Waals surface area contributed by atoms with E-state index in [1.807, 2.05) is 25.1 Å². The van der Waals surface area contributed by atoms with Crippen molar-refractivity contribution in [1.29, 1.82) is 0 Å². The predicted molar refractivity (Wildman–Crippen MR) is 81.8 cm³/mol. The normalized spacial score (nSPS) is 10.2. The smallest absolute Gasteiger partial charge is 0.265 e. The van der Waals surface area contributed by atoms with Gasteiger partial charge in [-0.1, -0.05) is 4.49 Å². The van der Waals surface area contributed by atoms with E-state index in [0.717, 1.165) is 17.2 Å². The van der Waals surface area contributed by atoms with Crippen molar-refractivity contribution in [2.45, 2.75) is 6.92 Å². The first kappa shape index (κ1) is 15.1. The summed E-state index contributed by atoms with van der Waals surface area (Å²) >= 11 is 1.10. The zero-order valence-electron chi connectivity index (χ0n) is 12.1. The van der Waals surface area contributed by atoms with E-state index in [9.17, 15) is 4.79 Å². The number of carbonyl (C=O) groups is 1. The van der Waals surface area contributed by atoms with Crippen LogP contribution in [0.25, 0.3) is 0 Å². The molecule has 0 unspecified atom stereocenters. The fourth-order valence-corrected chi connectivity index (χ4v) is 2.15. The minimum atomic E-state index is -0.155. The monoisotopic (exact) mass is 307 g/mol. The third-order valence-electron chi connectivity index (χ3n) is 2.73. The minimum Gasteiger partial charge on any atom is -0.376 e. The van der Waals surface area contributed by atoms with Gasteiger partial charge in [0.1, 0.15) is 4.88 Å². The van der Waals surface area contributed by atoms with Crippen molar-refractivity contribution in [1.82, 2.24) is 25.1 Å². The molecular formula is C12H17N7OS. The summed E-state index contributed by atoms with van der Waals surface area (Å²) in [6.07, 6.45) is 1.69. The maximum atomic E-state index is 11.8. The van der Waals surface area contributed by atoms with Crippen molar-refractivity contribution in [3.63, 3.8) is 0 Å². The van der Waals surface area contributed by atoms with Crippen LogP contribution in [-0.4, -0.2) is 52.9 Å². The van der Waals surface area contributed by atoms with Gasteiger partial charge in [0.2, 0.25) is 0 Å². The van der Waals surface area contributed by atoms with Crippen molar-refractivity contribution in [3.05, 3.63) is 22.8 Å². The number of nitrogens with zero attached hydrogens (tertiary/aromatic N) is 5. The molecule has 0 aromatic carbocycles. The number of hydrogen-bond acceptors (Lipinski definition) is 8. The van der Waals surface area contributed by atoms with Crippen LogP contribution in [0, 0.1) is 6.92 Å². The number of amides is 1. The van der Waals surface area contributed by atoms with Crippen LogP contribution in [0.1, 0.15) is 15.4 Å². The minimum absolute atomic E-state index is 0.155. The third kappa shape index (κ3) is 4.09. The lowest BCUT2D eigenvalue weighted by atomic mass is 10.4. The molecule has 1 amide bonds. The average Bonchev–Trinajstić information content (AvgIpc) is 2.90. The molecule has 0 radical (unpaired) electrons. The number of nitrogens with one attached hydrogen (secondary N) is 2. The van der Waals surface area contributed by atoms with E-state index in [2.05, 4.69) is 30.4 Å². The van der Waals surface area contributed by atoms with Crippen LogP contribution in [0.15, 0.2) is 12.3 Å². The van der Waals surface area contributed by atoms with Gasteiger partial charge in [0.15, 0.2) is 5.82 Å². The fourth-order valence-electron chi connectivity index (χ4n) is 1.57. The summed E-state index contributed by atoms with van der Waals surface area (Å²) in [6.45, 7) is 2.80. The summed E-state index contributed by atoms with van der Waals surface area (Å²) in [6, 6.07) is 1.89. The summed E-state index contributed by atoms with van der Waals surface area (Å²) in [5.41, 5.74) is 1.61. The standard InChI is InChI=1S/C12H17N7OS/c1-8-11(21-18-16-8)12(20)14-5-4-13-10-6-9(19(2)3)7-15-17-10/h6-7H,4-5H2,1-3H3,(H,13,17)(H,14,20). The highest BCUT2D eigenvalue weighted by molar-refractivity contribution is 7.07. The van der Waals surface area contributed by atoms with Gasteiger partial charge in [-0.2, -0.15) is 5.10 Å². The number of rotatable bonds is 6. The SMILES string of the molecule is Cc1nnsc1C(=O)NCCNc1cc(N(C)C)cnn1. The van der Waals surface area contributed by atoms with Crippen LogP contribution >= 0.6 is 11.5 Å². The van der Waals surface area contributed by atoms with Crippen molar-refractivity contribution in [2.24, 2.45) is 0 Å². The molecule has 21 heavy (non-hydrogen) atoms. The lowest BCUT2D eigenvalue weighted by Gasteiger charge is -2.12. The highest BCUT2D eigenvalue weighted by atomic mass is 32.1. The van der Waals surface area contributed by atoms with E-state index < -0.39 is 0 Å². The molecule has 2 aromatic rings. The van der Waals surface area contributed by atoms with Gasteiger partial charge in [-0.3, -0.25) is 4.79 Å². The Balaban J connectivity index is 1.79. The largest absolute Gasteiger partial charge is 0.376 e. The predicted octanol–water partition coefficient (Wildman–Crippen LogP) is 0.544. The Labute approximate surface area is 126 Å². The Bertz CT molecular complexity index is 613. The molecule has 0 spiro atoms. The van der Waals surface area contributed by atoms with E-state index in [1.165, 1.54) is 0 Å². The first-order valence-electron chi connectivity index (χ1n) is 6.39. The first-order valence-corrected chi connectivity index (χ1v) is 7.16. The molecule has 2 N–H and O–H groups in total. The van der Waals surface area contributed by atoms with E-state index in [4.69, 9.17) is 0 Å². The van der Waals surface area contributed by atoms with E-state index in [0.29, 0.717) is 29.5 Å². The van der Waals surface area contributed by atoms with Gasteiger partial charge in [-0.25, -0.2) is 0 Å². The zero-order valence-corrected chi connectivity index (χ0v) is 12.9. The Kier molecular flexibility index (Phi) is 4.99. The quantitative estimate of drug-likeness (QED) is 0.752. The molecule has 0 atom stereocenters. The second-order valence-corrected chi connectivity index (χ2v) is 5.32. The molecule has 0 aliphatic rings. The van der Waals surface area contributed by atoms with Crippen LogP contribution < -0.4 is 15.5 Å². The molecule has 0 aliphatic carbocycles. The molecule has 0 fully saturated rings. The highest BCUT2D eigenvalue weighted by Crippen LogP contribution is 2.12. The Morgan fingerprint density at radius 3 is 2.81 bits per heavy atom. The molecule has 2 heterocycles. The second-order valence-electron chi connectivity index (χ2n) is 4.56. The maximum absolute atomic E-state index is 11.8. The molecule has 112 valence electrons. The molecule has 9 heteroatoms. The Morgan fingerprint density at radius 2 is 2.14 bits per heavy atom. The van der Waals surface area contributed by atoms with Crippen LogP contribution in [-0.2, 0) is 0 Å². The molecule has 0 saturated heterocycles. The van der Waals surface area contributed by atoms with Crippen LogP contribution in [0.5, 0.6) is 0 Å². The van der Waals surface area contributed by atoms with Gasteiger partial charge < -0.3 is 15.5 Å². The lowest BCUT2D eigenvalue weighted by molar-refractivity contribution is 0.0958. The van der Waals surface area contributed by atoms with E-state index in [-0.39, 0.29) is 5.91 Å². The van der Waals surface area contributed by atoms with Gasteiger partial charge in [-0.05, 0) is 18.5 Å². The van der Waals surface area contributed by atoms with E-state index in [1.54, 1.807) is 13.1 Å². The molecule has 8 nitrogen and oxygen atoms in total. The van der Waals surface area contributed by atoms with Crippen LogP contribution in [0.2, 0.25) is 0 Å². The summed E-state index contributed by atoms with van der Waals surface area (Å²) in [5, 5.41) is 17.6. The van der Waals surface area contributed by atoms with Crippen LogP contribution in [0.4, 0.5) is 11.5 Å². The van der Waals surface area contributed by atoms with E-state index >= 15 is 0 Å². The number of carbonyl (C=O) groups excluding carboxylic acids is 1. The van der Waals surface area contributed by atoms with Gasteiger partial charge in [-0.15, -0.1) is 10.2 Å². The molecule has 0 saturated carbocycles. The van der Waals surface area contributed by atoms with Crippen LogP contribution in [0.3, 0.4) is 0 Å². The number of aryl methyl sites for hydroxylation is 1. The molecule has 0 aliphatic heterocycles. The summed E-state index contributed by atoms with van der Waals surface area (Å²) in [4.78, 5) is 14.3. The number of anilines is 2. The molecule has 2 aromatic heterocycles. The second kappa shape index (κ2) is 6.93. The number of aromatic nitrogens is 4. The van der Waals surface area contributed by atoms with Gasteiger partial charge >= 0.3 is 0 Å². The van der Waals surface area contributed by atoms with Crippen molar-refractivity contribution in [2.75, 3.05) is 37.4 Å². The van der Waals surface area contributed by atoms with Crippen molar-refractivity contribution >= 4 is 28.9 Å². The highest BCUT2D eigenvalue weighted by Gasteiger charge is 2.11. The van der Waals surface area contributed by atoms with Gasteiger partial charge in [0.25, 0.3) is 5.91 Å². The van der Waals surface area contributed by atoms with Gasteiger partial charge in [0, 0.05) is 33.3 Å². The summed E-state index contributed by atoms with van der Waals surface area (Å²) in [7, 11) is 3.87. The van der Waals surface area contributed by atoms with Crippen molar-refractivity contribution in [3.8, 4) is 0 Å². The maximum Gasteiger partial charge on any atom is 0.265 e. The third-order valence-corrected chi connectivity index (χ3v) is 3.56. The lowest BCUT2D eigenvalue weighted by Crippen LogP contribution is -2.28. The zero-order chi connectivity index (χ0) is 15.2. The summed E-state index contributed by atoms with van der Waals surface area (Å²) in [5.74, 6) is 0.517. The fraction of sp³-hybridized carbons (Fsp3) is 0.417. The number of hydrogen-bond donors (Lipinski definition) is 2. The Hall–Kier alpha value is -2.29. The molecule has 0 bridgehead atoms. The Morgan fingerprint density at radius 1 is 1.33 bits per heavy atom. The first-order chi connectivity index (χ1) is 10.1. The topological polar surface area (TPSA) is 95.9 Å². The average molecular weight is 307 g/mol. The molecular weight excluding hydrogens is 290 g/mol. The molecule has 2 rings (SSSR count).